The molecule has 0 amide bonds. The molecule has 3 heteroatoms. The molecule has 24 heavy (non-hydrogen) atoms. The molecule has 0 heterocycles. The SMILES string of the molecule is Cc1ccc(-c2ccc(C(=O)Oc3ccc(C#N)cc3)cc2)cc1. The Bertz CT molecular complexity index is 887. The highest BCUT2D eigenvalue weighted by atomic mass is 16.5. The van der Waals surface area contributed by atoms with E-state index in [1.807, 2.05) is 25.1 Å². The lowest BCUT2D eigenvalue weighted by Crippen LogP contribution is -2.08. The fraction of sp³-hybridized carbons (Fsp3) is 0.0476. The van der Waals surface area contributed by atoms with Gasteiger partial charge >= 0.3 is 5.97 Å². The van der Waals surface area contributed by atoms with Crippen LogP contribution in [0.2, 0.25) is 0 Å². The molecule has 3 aromatic carbocycles. The monoisotopic (exact) mass is 313 g/mol. The molecule has 0 radical (unpaired) electrons. The van der Waals surface area contributed by atoms with Crippen LogP contribution >= 0.6 is 0 Å². The number of carbonyl (C=O) groups is 1. The number of aryl methyl sites for hydroxylation is 1. The Morgan fingerprint density at radius 2 is 1.38 bits per heavy atom. The summed E-state index contributed by atoms with van der Waals surface area (Å²) in [6.07, 6.45) is 0. The van der Waals surface area contributed by atoms with Gasteiger partial charge in [-0.15, -0.1) is 0 Å². The molecule has 0 N–H and O–H groups in total. The summed E-state index contributed by atoms with van der Waals surface area (Å²) in [5, 5.41) is 8.77. The highest BCUT2D eigenvalue weighted by molar-refractivity contribution is 5.91. The summed E-state index contributed by atoms with van der Waals surface area (Å²) in [6, 6.07) is 24.0. The van der Waals surface area contributed by atoms with Gasteiger partial charge in [0.05, 0.1) is 17.2 Å². The van der Waals surface area contributed by atoms with Crippen LogP contribution in [0.25, 0.3) is 11.1 Å². The minimum Gasteiger partial charge on any atom is -0.423 e. The van der Waals surface area contributed by atoms with Crippen LogP contribution in [-0.4, -0.2) is 5.97 Å². The second-order valence-electron chi connectivity index (χ2n) is 5.47. The standard InChI is InChI=1S/C21H15NO2/c1-15-2-6-17(7-3-15)18-8-10-19(11-9-18)21(23)24-20-12-4-16(14-22)5-13-20/h2-13H,1H3. The maximum Gasteiger partial charge on any atom is 0.343 e. The fourth-order valence-corrected chi connectivity index (χ4v) is 2.31. The molecule has 0 fully saturated rings. The molecular weight excluding hydrogens is 298 g/mol. The summed E-state index contributed by atoms with van der Waals surface area (Å²) in [4.78, 5) is 12.2. The van der Waals surface area contributed by atoms with Gasteiger partial charge < -0.3 is 4.74 Å². The quantitative estimate of drug-likeness (QED) is 0.518. The van der Waals surface area contributed by atoms with Crippen LogP contribution in [0.15, 0.2) is 72.8 Å². The summed E-state index contributed by atoms with van der Waals surface area (Å²) in [7, 11) is 0. The van der Waals surface area contributed by atoms with Crippen molar-refractivity contribution in [2.24, 2.45) is 0 Å². The first-order valence-corrected chi connectivity index (χ1v) is 7.55. The maximum absolute atomic E-state index is 12.2. The van der Waals surface area contributed by atoms with Gasteiger partial charge in [0.15, 0.2) is 0 Å². The Hall–Kier alpha value is -3.38. The van der Waals surface area contributed by atoms with Gasteiger partial charge in [-0.05, 0) is 54.4 Å². The minimum absolute atomic E-state index is 0.418. The van der Waals surface area contributed by atoms with Crippen molar-refractivity contribution in [2.45, 2.75) is 6.92 Å². The van der Waals surface area contributed by atoms with Gasteiger partial charge in [0.2, 0.25) is 0 Å². The van der Waals surface area contributed by atoms with E-state index in [9.17, 15) is 4.79 Å². The lowest BCUT2D eigenvalue weighted by atomic mass is 10.0. The van der Waals surface area contributed by atoms with Crippen LogP contribution in [-0.2, 0) is 0 Å². The molecule has 0 atom stereocenters. The van der Waals surface area contributed by atoms with Gasteiger partial charge in [-0.3, -0.25) is 0 Å². The van der Waals surface area contributed by atoms with E-state index in [-0.39, 0.29) is 0 Å². The van der Waals surface area contributed by atoms with Crippen molar-refractivity contribution in [3.8, 4) is 22.9 Å². The molecule has 3 nitrogen and oxygen atoms in total. The smallest absolute Gasteiger partial charge is 0.343 e. The Kier molecular flexibility index (Phi) is 4.40. The number of esters is 1. The van der Waals surface area contributed by atoms with E-state index in [2.05, 4.69) is 24.3 Å². The summed E-state index contributed by atoms with van der Waals surface area (Å²) < 4.78 is 5.31. The number of nitriles is 1. The van der Waals surface area contributed by atoms with Crippen LogP contribution in [0, 0.1) is 18.3 Å². The van der Waals surface area contributed by atoms with Gasteiger partial charge in [0.25, 0.3) is 0 Å². The van der Waals surface area contributed by atoms with Crippen molar-refractivity contribution in [1.29, 1.82) is 5.26 Å². The van der Waals surface area contributed by atoms with E-state index in [1.54, 1.807) is 36.4 Å². The molecule has 0 aliphatic heterocycles. The summed E-state index contributed by atoms with van der Waals surface area (Å²) in [5.74, 6) is -0.00299. The molecule has 3 rings (SSSR count). The van der Waals surface area contributed by atoms with Crippen LogP contribution in [0.4, 0.5) is 0 Å². The minimum atomic E-state index is -0.421. The lowest BCUT2D eigenvalue weighted by molar-refractivity contribution is 0.0735. The number of benzene rings is 3. The zero-order chi connectivity index (χ0) is 16.9. The number of rotatable bonds is 3. The van der Waals surface area contributed by atoms with E-state index in [4.69, 9.17) is 10.00 Å². The highest BCUT2D eigenvalue weighted by Crippen LogP contribution is 2.21. The highest BCUT2D eigenvalue weighted by Gasteiger charge is 2.09. The molecular formula is C21H15NO2. The van der Waals surface area contributed by atoms with Gasteiger partial charge in [-0.25, -0.2) is 4.79 Å². The predicted molar refractivity (Wildman–Crippen MR) is 92.7 cm³/mol. The molecule has 0 bridgehead atoms. The van der Waals surface area contributed by atoms with E-state index in [0.717, 1.165) is 11.1 Å². The third-order valence-electron chi connectivity index (χ3n) is 3.70. The zero-order valence-corrected chi connectivity index (χ0v) is 13.2. The third-order valence-corrected chi connectivity index (χ3v) is 3.70. The molecule has 0 aromatic heterocycles. The van der Waals surface area contributed by atoms with Crippen LogP contribution < -0.4 is 4.74 Å². The first kappa shape index (κ1) is 15.5. The van der Waals surface area contributed by atoms with Crippen molar-refractivity contribution in [2.75, 3.05) is 0 Å². The largest absolute Gasteiger partial charge is 0.423 e. The second-order valence-corrected chi connectivity index (χ2v) is 5.47. The number of hydrogen-bond acceptors (Lipinski definition) is 3. The lowest BCUT2D eigenvalue weighted by Gasteiger charge is -2.06. The van der Waals surface area contributed by atoms with E-state index in [1.165, 1.54) is 5.56 Å². The first-order valence-electron chi connectivity index (χ1n) is 7.55. The molecule has 0 saturated heterocycles. The topological polar surface area (TPSA) is 50.1 Å². The number of hydrogen-bond donors (Lipinski definition) is 0. The molecule has 0 unspecified atom stereocenters. The normalized spacial score (nSPS) is 10.0. The van der Waals surface area contributed by atoms with Crippen LogP contribution in [0.5, 0.6) is 5.75 Å². The molecule has 0 aliphatic carbocycles. The van der Waals surface area contributed by atoms with Gasteiger partial charge in [-0.2, -0.15) is 5.26 Å². The van der Waals surface area contributed by atoms with Crippen molar-refractivity contribution in [1.82, 2.24) is 0 Å². The fourth-order valence-electron chi connectivity index (χ4n) is 2.31. The van der Waals surface area contributed by atoms with E-state index in [0.29, 0.717) is 16.9 Å². The van der Waals surface area contributed by atoms with E-state index < -0.39 is 5.97 Å². The zero-order valence-electron chi connectivity index (χ0n) is 13.2. The Balaban J connectivity index is 1.73. The average Bonchev–Trinajstić information content (AvgIpc) is 2.63. The first-order chi connectivity index (χ1) is 11.7. The van der Waals surface area contributed by atoms with Crippen molar-refractivity contribution in [3.05, 3.63) is 89.5 Å². The molecule has 116 valence electrons. The average molecular weight is 313 g/mol. The van der Waals surface area contributed by atoms with Crippen LogP contribution in [0.1, 0.15) is 21.5 Å². The van der Waals surface area contributed by atoms with Gasteiger partial charge in [0, 0.05) is 0 Å². The number of carbonyl (C=O) groups excluding carboxylic acids is 1. The van der Waals surface area contributed by atoms with Crippen molar-refractivity contribution >= 4 is 5.97 Å². The van der Waals surface area contributed by atoms with Crippen molar-refractivity contribution in [3.63, 3.8) is 0 Å². The summed E-state index contributed by atoms with van der Waals surface area (Å²) in [5.41, 5.74) is 4.37. The Labute approximate surface area is 140 Å². The van der Waals surface area contributed by atoms with E-state index >= 15 is 0 Å². The van der Waals surface area contributed by atoms with Gasteiger partial charge in [-0.1, -0.05) is 42.0 Å². The number of nitrogens with zero attached hydrogens (tertiary/aromatic N) is 1. The molecule has 0 saturated carbocycles. The second kappa shape index (κ2) is 6.80. The van der Waals surface area contributed by atoms with Crippen molar-refractivity contribution < 1.29 is 9.53 Å². The Morgan fingerprint density at radius 3 is 1.92 bits per heavy atom. The summed E-state index contributed by atoms with van der Waals surface area (Å²) in [6.45, 7) is 2.05. The third kappa shape index (κ3) is 3.50. The Morgan fingerprint density at radius 1 is 0.833 bits per heavy atom. The predicted octanol–water partition coefficient (Wildman–Crippen LogP) is 4.75. The number of ether oxygens (including phenoxy) is 1. The maximum atomic E-state index is 12.2. The summed E-state index contributed by atoms with van der Waals surface area (Å²) >= 11 is 0. The molecule has 0 spiro atoms. The molecule has 0 aliphatic rings. The van der Waals surface area contributed by atoms with Crippen LogP contribution in [0.3, 0.4) is 0 Å². The van der Waals surface area contributed by atoms with Gasteiger partial charge in [0.1, 0.15) is 5.75 Å². The molecule has 3 aromatic rings.